The van der Waals surface area contributed by atoms with Crippen LogP contribution in [0.2, 0.25) is 0 Å². The van der Waals surface area contributed by atoms with Crippen molar-refractivity contribution >= 4 is 11.9 Å². The summed E-state index contributed by atoms with van der Waals surface area (Å²) in [5.41, 5.74) is 1.92. The van der Waals surface area contributed by atoms with Crippen LogP contribution in [0.5, 0.6) is 0 Å². The van der Waals surface area contributed by atoms with Crippen molar-refractivity contribution in [3.8, 4) is 5.69 Å². The van der Waals surface area contributed by atoms with E-state index in [9.17, 15) is 14.7 Å². The number of benzene rings is 1. The van der Waals surface area contributed by atoms with Crippen LogP contribution in [-0.4, -0.2) is 38.7 Å². The van der Waals surface area contributed by atoms with Crippen LogP contribution in [0, 0.1) is 11.8 Å². The molecule has 1 fully saturated rings. The summed E-state index contributed by atoms with van der Waals surface area (Å²) in [6, 6.07) is 9.80. The van der Waals surface area contributed by atoms with E-state index in [1.807, 2.05) is 36.5 Å². The molecule has 0 aliphatic heterocycles. The van der Waals surface area contributed by atoms with Gasteiger partial charge in [-0.15, -0.1) is 0 Å². The second-order valence-corrected chi connectivity index (χ2v) is 6.72. The SMILES string of the molecule is CN(Cc1cnn(-c2ccccc2)c1)C(=O)C1CCCC(C(=O)O)C1. The van der Waals surface area contributed by atoms with Crippen molar-refractivity contribution in [3.05, 3.63) is 48.3 Å². The second kappa shape index (κ2) is 7.51. The minimum atomic E-state index is -0.788. The van der Waals surface area contributed by atoms with Crippen LogP contribution in [0.15, 0.2) is 42.7 Å². The van der Waals surface area contributed by atoms with E-state index in [1.165, 1.54) is 0 Å². The summed E-state index contributed by atoms with van der Waals surface area (Å²) in [7, 11) is 1.77. The first-order valence-corrected chi connectivity index (χ1v) is 8.61. The van der Waals surface area contributed by atoms with Crippen molar-refractivity contribution in [2.45, 2.75) is 32.2 Å². The maximum absolute atomic E-state index is 12.7. The molecule has 2 atom stereocenters. The summed E-state index contributed by atoms with van der Waals surface area (Å²) in [6.07, 6.45) is 6.37. The molecule has 6 nitrogen and oxygen atoms in total. The van der Waals surface area contributed by atoms with Crippen molar-refractivity contribution in [1.29, 1.82) is 0 Å². The fourth-order valence-corrected chi connectivity index (χ4v) is 3.47. The van der Waals surface area contributed by atoms with Gasteiger partial charge in [0.2, 0.25) is 5.91 Å². The van der Waals surface area contributed by atoms with Gasteiger partial charge in [0.05, 0.1) is 17.8 Å². The standard InChI is InChI=1S/C19H23N3O3/c1-21(18(23)15-6-5-7-16(10-15)19(24)25)12-14-11-20-22(13-14)17-8-3-2-4-9-17/h2-4,8-9,11,13,15-16H,5-7,10,12H2,1H3,(H,24,25). The third-order valence-electron chi connectivity index (χ3n) is 4.83. The molecule has 0 saturated heterocycles. The largest absolute Gasteiger partial charge is 0.481 e. The Morgan fingerprint density at radius 3 is 2.68 bits per heavy atom. The highest BCUT2D eigenvalue weighted by molar-refractivity contribution is 5.80. The predicted octanol–water partition coefficient (Wildman–Crippen LogP) is 2.72. The summed E-state index contributed by atoms with van der Waals surface area (Å²) < 4.78 is 1.79. The number of carbonyl (C=O) groups is 2. The van der Waals surface area contributed by atoms with Gasteiger partial charge in [0.15, 0.2) is 0 Å². The van der Waals surface area contributed by atoms with Gasteiger partial charge in [-0.3, -0.25) is 9.59 Å². The molecule has 1 heterocycles. The zero-order chi connectivity index (χ0) is 17.8. The molecule has 1 amide bonds. The number of nitrogens with zero attached hydrogens (tertiary/aromatic N) is 3. The van der Waals surface area contributed by atoms with Gasteiger partial charge in [-0.25, -0.2) is 4.68 Å². The van der Waals surface area contributed by atoms with Gasteiger partial charge in [-0.2, -0.15) is 5.10 Å². The number of carboxylic acid groups (broad SMARTS) is 1. The smallest absolute Gasteiger partial charge is 0.306 e. The Morgan fingerprint density at radius 1 is 1.24 bits per heavy atom. The lowest BCUT2D eigenvalue weighted by Crippen LogP contribution is -2.36. The second-order valence-electron chi connectivity index (χ2n) is 6.72. The van der Waals surface area contributed by atoms with Crippen LogP contribution < -0.4 is 0 Å². The zero-order valence-corrected chi connectivity index (χ0v) is 14.3. The number of aliphatic carboxylic acids is 1. The predicted molar refractivity (Wildman–Crippen MR) is 93.1 cm³/mol. The van der Waals surface area contributed by atoms with E-state index >= 15 is 0 Å². The van der Waals surface area contributed by atoms with Crippen LogP contribution in [-0.2, 0) is 16.1 Å². The van der Waals surface area contributed by atoms with Gasteiger partial charge in [0.25, 0.3) is 0 Å². The Bertz CT molecular complexity index is 741. The van der Waals surface area contributed by atoms with Gasteiger partial charge in [0.1, 0.15) is 0 Å². The molecule has 1 N–H and O–H groups in total. The lowest BCUT2D eigenvalue weighted by atomic mass is 9.81. The summed E-state index contributed by atoms with van der Waals surface area (Å²) in [6.45, 7) is 0.472. The molecule has 1 aromatic heterocycles. The van der Waals surface area contributed by atoms with Gasteiger partial charge in [0, 0.05) is 31.3 Å². The molecular formula is C19H23N3O3. The topological polar surface area (TPSA) is 75.4 Å². The van der Waals surface area contributed by atoms with Crippen molar-refractivity contribution in [1.82, 2.24) is 14.7 Å². The molecule has 6 heteroatoms. The van der Waals surface area contributed by atoms with E-state index in [4.69, 9.17) is 0 Å². The number of para-hydroxylation sites is 1. The molecule has 3 rings (SSSR count). The quantitative estimate of drug-likeness (QED) is 0.907. The van der Waals surface area contributed by atoms with Crippen LogP contribution in [0.3, 0.4) is 0 Å². The van der Waals surface area contributed by atoms with Crippen molar-refractivity contribution in [3.63, 3.8) is 0 Å². The van der Waals surface area contributed by atoms with Crippen LogP contribution in [0.1, 0.15) is 31.2 Å². The number of hydrogen-bond donors (Lipinski definition) is 1. The van der Waals surface area contributed by atoms with E-state index in [2.05, 4.69) is 5.10 Å². The number of carboxylic acids is 1. The summed E-state index contributed by atoms with van der Waals surface area (Å²) >= 11 is 0. The molecule has 1 aromatic carbocycles. The lowest BCUT2D eigenvalue weighted by molar-refractivity contribution is -0.145. The molecule has 0 bridgehead atoms. The molecule has 25 heavy (non-hydrogen) atoms. The Hall–Kier alpha value is -2.63. The van der Waals surface area contributed by atoms with E-state index in [-0.39, 0.29) is 11.8 Å². The van der Waals surface area contributed by atoms with E-state index in [0.717, 1.165) is 24.1 Å². The molecule has 2 unspecified atom stereocenters. The van der Waals surface area contributed by atoms with Crippen LogP contribution in [0.25, 0.3) is 5.69 Å². The number of rotatable bonds is 5. The van der Waals surface area contributed by atoms with Gasteiger partial charge in [-0.05, 0) is 31.4 Å². The number of amides is 1. The fraction of sp³-hybridized carbons (Fsp3) is 0.421. The van der Waals surface area contributed by atoms with Gasteiger partial charge >= 0.3 is 5.97 Å². The average molecular weight is 341 g/mol. The number of aromatic nitrogens is 2. The zero-order valence-electron chi connectivity index (χ0n) is 14.3. The third-order valence-corrected chi connectivity index (χ3v) is 4.83. The first-order valence-electron chi connectivity index (χ1n) is 8.61. The first-order chi connectivity index (χ1) is 12.0. The summed E-state index contributed by atoms with van der Waals surface area (Å²) in [5.74, 6) is -1.34. The highest BCUT2D eigenvalue weighted by Gasteiger charge is 2.32. The van der Waals surface area contributed by atoms with Crippen LogP contribution >= 0.6 is 0 Å². The summed E-state index contributed by atoms with van der Waals surface area (Å²) in [4.78, 5) is 25.5. The average Bonchev–Trinajstić information content (AvgIpc) is 3.10. The molecule has 2 aromatic rings. The summed E-state index contributed by atoms with van der Waals surface area (Å²) in [5, 5.41) is 13.5. The number of hydrogen-bond acceptors (Lipinski definition) is 3. The van der Waals surface area contributed by atoms with E-state index in [1.54, 1.807) is 22.8 Å². The first kappa shape index (κ1) is 17.2. The van der Waals surface area contributed by atoms with Crippen molar-refractivity contribution < 1.29 is 14.7 Å². The molecule has 1 aliphatic rings. The normalized spacial score (nSPS) is 20.2. The van der Waals surface area contributed by atoms with Gasteiger partial charge < -0.3 is 10.0 Å². The molecule has 0 spiro atoms. The molecule has 1 aliphatic carbocycles. The maximum Gasteiger partial charge on any atom is 0.306 e. The minimum Gasteiger partial charge on any atom is -0.481 e. The maximum atomic E-state index is 12.7. The molecule has 1 saturated carbocycles. The van der Waals surface area contributed by atoms with Crippen LogP contribution in [0.4, 0.5) is 0 Å². The van der Waals surface area contributed by atoms with E-state index in [0.29, 0.717) is 19.4 Å². The highest BCUT2D eigenvalue weighted by atomic mass is 16.4. The highest BCUT2D eigenvalue weighted by Crippen LogP contribution is 2.30. The molecule has 0 radical (unpaired) electrons. The Kier molecular flexibility index (Phi) is 5.16. The van der Waals surface area contributed by atoms with E-state index < -0.39 is 11.9 Å². The monoisotopic (exact) mass is 341 g/mol. The van der Waals surface area contributed by atoms with Crippen molar-refractivity contribution in [2.75, 3.05) is 7.05 Å². The molecular weight excluding hydrogens is 318 g/mol. The Morgan fingerprint density at radius 2 is 1.96 bits per heavy atom. The molecule has 132 valence electrons. The van der Waals surface area contributed by atoms with Crippen molar-refractivity contribution in [2.24, 2.45) is 11.8 Å². The third kappa shape index (κ3) is 4.07. The lowest BCUT2D eigenvalue weighted by Gasteiger charge is -2.29. The fourth-order valence-electron chi connectivity index (χ4n) is 3.47. The Labute approximate surface area is 147 Å². The number of carbonyl (C=O) groups excluding carboxylic acids is 1. The van der Waals surface area contributed by atoms with Gasteiger partial charge in [-0.1, -0.05) is 24.6 Å². The minimum absolute atomic E-state index is 0.0263. The Balaban J connectivity index is 1.62.